The van der Waals surface area contributed by atoms with Gasteiger partial charge in [0.2, 0.25) is 5.91 Å². The maximum absolute atomic E-state index is 13.4. The Hall–Kier alpha value is -3.73. The molecule has 1 fully saturated rings. The molecule has 0 bridgehead atoms. The molecule has 1 heterocycles. The van der Waals surface area contributed by atoms with Crippen LogP contribution in [0.25, 0.3) is 10.9 Å². The lowest BCUT2D eigenvalue weighted by Crippen LogP contribution is -2.31. The van der Waals surface area contributed by atoms with E-state index in [0.29, 0.717) is 42.7 Å². The zero-order valence-corrected chi connectivity index (χ0v) is 18.6. The Kier molecular flexibility index (Phi) is 6.03. The van der Waals surface area contributed by atoms with Crippen LogP contribution in [0.15, 0.2) is 89.7 Å². The van der Waals surface area contributed by atoms with Gasteiger partial charge in [-0.1, -0.05) is 72.8 Å². The molecule has 0 radical (unpaired) electrons. The van der Waals surface area contributed by atoms with Crippen LogP contribution in [-0.4, -0.2) is 20.4 Å². The Bertz CT molecular complexity index is 1270. The zero-order chi connectivity index (χ0) is 22.6. The molecule has 4 aromatic rings. The molecule has 5 heteroatoms. The molecule has 5 nitrogen and oxygen atoms in total. The Balaban J connectivity index is 1.39. The van der Waals surface area contributed by atoms with Crippen LogP contribution in [-0.2, 0) is 24.3 Å². The quantitative estimate of drug-likeness (QED) is 0.394. The zero-order valence-electron chi connectivity index (χ0n) is 18.6. The number of rotatable bonds is 8. The second-order valence-electron chi connectivity index (χ2n) is 8.67. The normalized spacial score (nSPS) is 13.2. The third kappa shape index (κ3) is 4.87. The fraction of sp³-hybridized carbons (Fsp3) is 0.250. The van der Waals surface area contributed by atoms with Crippen LogP contribution in [0.5, 0.6) is 0 Å². The second kappa shape index (κ2) is 9.41. The molecule has 1 aromatic heterocycles. The summed E-state index contributed by atoms with van der Waals surface area (Å²) in [4.78, 5) is 33.2. The molecule has 0 saturated heterocycles. The molecular formula is C28H27N3O2. The van der Waals surface area contributed by atoms with Gasteiger partial charge in [-0.15, -0.1) is 0 Å². The number of benzene rings is 3. The Morgan fingerprint density at radius 3 is 2.03 bits per heavy atom. The van der Waals surface area contributed by atoms with Crippen molar-refractivity contribution in [3.8, 4) is 0 Å². The molecule has 0 N–H and O–H groups in total. The van der Waals surface area contributed by atoms with E-state index in [1.54, 1.807) is 0 Å². The maximum atomic E-state index is 13.4. The highest BCUT2D eigenvalue weighted by Crippen LogP contribution is 2.35. The Morgan fingerprint density at radius 2 is 1.42 bits per heavy atom. The van der Waals surface area contributed by atoms with Crippen molar-refractivity contribution < 1.29 is 4.79 Å². The average molecular weight is 438 g/mol. The first-order chi connectivity index (χ1) is 16.2. The lowest BCUT2D eigenvalue weighted by atomic mass is 10.1. The van der Waals surface area contributed by atoms with E-state index < -0.39 is 0 Å². The standard InChI is InChI=1S/C28H27N3O2/c32-27(30(19-21-9-3-1-4-10-21)20-22-11-5-2-6-12-22)18-17-26-29-25-14-8-7-13-24(25)28(33)31(26)23-15-16-23/h1-14,23H,15-20H2. The average Bonchev–Trinajstić information content (AvgIpc) is 3.69. The molecule has 1 aliphatic carbocycles. The van der Waals surface area contributed by atoms with Gasteiger partial charge in [-0.05, 0) is 36.1 Å². The van der Waals surface area contributed by atoms with Crippen LogP contribution in [0, 0.1) is 0 Å². The van der Waals surface area contributed by atoms with E-state index in [-0.39, 0.29) is 17.5 Å². The Morgan fingerprint density at radius 1 is 0.848 bits per heavy atom. The first-order valence-electron chi connectivity index (χ1n) is 11.5. The summed E-state index contributed by atoms with van der Waals surface area (Å²) >= 11 is 0. The van der Waals surface area contributed by atoms with Crippen molar-refractivity contribution in [2.24, 2.45) is 0 Å². The number of nitrogens with zero attached hydrogens (tertiary/aromatic N) is 3. The number of carbonyl (C=O) groups excluding carboxylic acids is 1. The van der Waals surface area contributed by atoms with Gasteiger partial charge in [0.05, 0.1) is 10.9 Å². The number of hydrogen-bond acceptors (Lipinski definition) is 3. The van der Waals surface area contributed by atoms with E-state index in [2.05, 4.69) is 0 Å². The number of carbonyl (C=O) groups is 1. The molecule has 3 aromatic carbocycles. The number of para-hydroxylation sites is 1. The van der Waals surface area contributed by atoms with Crippen molar-refractivity contribution in [2.75, 3.05) is 0 Å². The van der Waals surface area contributed by atoms with Gasteiger partial charge in [-0.3, -0.25) is 14.2 Å². The van der Waals surface area contributed by atoms with Crippen LogP contribution >= 0.6 is 0 Å². The largest absolute Gasteiger partial charge is 0.334 e. The van der Waals surface area contributed by atoms with Crippen molar-refractivity contribution in [1.82, 2.24) is 14.5 Å². The van der Waals surface area contributed by atoms with E-state index >= 15 is 0 Å². The van der Waals surface area contributed by atoms with Gasteiger partial charge in [0, 0.05) is 32.0 Å². The van der Waals surface area contributed by atoms with Gasteiger partial charge < -0.3 is 4.90 Å². The molecule has 0 atom stereocenters. The minimum Gasteiger partial charge on any atom is -0.334 e. The highest BCUT2D eigenvalue weighted by molar-refractivity contribution is 5.78. The molecule has 33 heavy (non-hydrogen) atoms. The topological polar surface area (TPSA) is 55.2 Å². The Labute approximate surface area is 193 Å². The first kappa shape index (κ1) is 21.1. The molecular weight excluding hydrogens is 410 g/mol. The molecule has 166 valence electrons. The number of fused-ring (bicyclic) bond motifs is 1. The van der Waals surface area contributed by atoms with E-state index in [1.165, 1.54) is 0 Å². The van der Waals surface area contributed by atoms with Gasteiger partial charge in [0.25, 0.3) is 5.56 Å². The van der Waals surface area contributed by atoms with Crippen LogP contribution < -0.4 is 5.56 Å². The van der Waals surface area contributed by atoms with Gasteiger partial charge in [0.1, 0.15) is 5.82 Å². The minimum absolute atomic E-state index is 0.0102. The minimum atomic E-state index is 0.0102. The van der Waals surface area contributed by atoms with Crippen LogP contribution in [0.1, 0.15) is 42.3 Å². The summed E-state index contributed by atoms with van der Waals surface area (Å²) in [5.41, 5.74) is 2.91. The van der Waals surface area contributed by atoms with Gasteiger partial charge in [-0.2, -0.15) is 0 Å². The lowest BCUT2D eigenvalue weighted by Gasteiger charge is -2.23. The molecule has 1 saturated carbocycles. The highest BCUT2D eigenvalue weighted by atomic mass is 16.2. The van der Waals surface area contributed by atoms with E-state index in [0.717, 1.165) is 24.0 Å². The number of hydrogen-bond donors (Lipinski definition) is 0. The third-order valence-electron chi connectivity index (χ3n) is 6.14. The van der Waals surface area contributed by atoms with Crippen molar-refractivity contribution in [1.29, 1.82) is 0 Å². The van der Waals surface area contributed by atoms with Crippen molar-refractivity contribution in [3.05, 3.63) is 112 Å². The predicted molar refractivity (Wildman–Crippen MR) is 130 cm³/mol. The highest BCUT2D eigenvalue weighted by Gasteiger charge is 2.28. The summed E-state index contributed by atoms with van der Waals surface area (Å²) in [7, 11) is 0. The molecule has 0 spiro atoms. The van der Waals surface area contributed by atoms with Crippen molar-refractivity contribution in [2.45, 2.75) is 44.8 Å². The van der Waals surface area contributed by atoms with Gasteiger partial charge in [0.15, 0.2) is 0 Å². The van der Waals surface area contributed by atoms with Gasteiger partial charge >= 0.3 is 0 Å². The SMILES string of the molecule is O=C(CCc1nc2ccccc2c(=O)n1C1CC1)N(Cc1ccccc1)Cc1ccccc1. The van der Waals surface area contributed by atoms with Crippen molar-refractivity contribution in [3.63, 3.8) is 0 Å². The number of aryl methyl sites for hydroxylation is 1. The number of aromatic nitrogens is 2. The summed E-state index contributed by atoms with van der Waals surface area (Å²) in [6, 6.07) is 27.8. The van der Waals surface area contributed by atoms with Crippen LogP contribution in [0.2, 0.25) is 0 Å². The van der Waals surface area contributed by atoms with E-state index in [9.17, 15) is 9.59 Å². The van der Waals surface area contributed by atoms with Crippen LogP contribution in [0.3, 0.4) is 0 Å². The molecule has 1 aliphatic rings. The summed E-state index contributed by atoms with van der Waals surface area (Å²) < 4.78 is 1.83. The molecule has 5 rings (SSSR count). The fourth-order valence-electron chi connectivity index (χ4n) is 4.29. The van der Waals surface area contributed by atoms with E-state index in [4.69, 9.17) is 4.98 Å². The van der Waals surface area contributed by atoms with Crippen molar-refractivity contribution >= 4 is 16.8 Å². The lowest BCUT2D eigenvalue weighted by molar-refractivity contribution is -0.132. The monoisotopic (exact) mass is 437 g/mol. The van der Waals surface area contributed by atoms with Gasteiger partial charge in [-0.25, -0.2) is 4.98 Å². The second-order valence-corrected chi connectivity index (χ2v) is 8.67. The number of amides is 1. The summed E-state index contributed by atoms with van der Waals surface area (Å²) in [6.07, 6.45) is 2.76. The molecule has 0 aliphatic heterocycles. The summed E-state index contributed by atoms with van der Waals surface area (Å²) in [5.74, 6) is 0.779. The van der Waals surface area contributed by atoms with Crippen LogP contribution in [0.4, 0.5) is 0 Å². The van der Waals surface area contributed by atoms with E-state index in [1.807, 2.05) is 94.4 Å². The summed E-state index contributed by atoms with van der Waals surface area (Å²) in [6.45, 7) is 1.10. The molecule has 1 amide bonds. The summed E-state index contributed by atoms with van der Waals surface area (Å²) in [5, 5.41) is 0.647. The third-order valence-corrected chi connectivity index (χ3v) is 6.14. The fourth-order valence-corrected chi connectivity index (χ4v) is 4.29. The smallest absolute Gasteiger partial charge is 0.261 e. The first-order valence-corrected chi connectivity index (χ1v) is 11.5. The molecule has 0 unspecified atom stereocenters. The predicted octanol–water partition coefficient (Wildman–Crippen LogP) is 4.89. The maximum Gasteiger partial charge on any atom is 0.261 e.